The van der Waals surface area contributed by atoms with Gasteiger partial charge in [0.1, 0.15) is 17.5 Å². The Balaban J connectivity index is 3.06. The van der Waals surface area contributed by atoms with Crippen molar-refractivity contribution in [2.45, 2.75) is 19.9 Å². The number of amides is 2. The topological polar surface area (TPSA) is 90.6 Å². The number of rotatable bonds is 5. The van der Waals surface area contributed by atoms with Crippen molar-refractivity contribution in [2.24, 2.45) is 5.73 Å². The quantitative estimate of drug-likeness (QED) is 0.817. The van der Waals surface area contributed by atoms with E-state index in [2.05, 4.69) is 5.32 Å². The summed E-state index contributed by atoms with van der Waals surface area (Å²) < 4.78 is 10.4. The summed E-state index contributed by atoms with van der Waals surface area (Å²) in [5.41, 5.74) is 6.23. The maximum Gasteiger partial charge on any atom is 0.252 e. The van der Waals surface area contributed by atoms with E-state index in [1.807, 2.05) is 6.92 Å². The van der Waals surface area contributed by atoms with Crippen molar-refractivity contribution in [3.8, 4) is 11.5 Å². The highest BCUT2D eigenvalue weighted by atomic mass is 16.5. The van der Waals surface area contributed by atoms with Crippen LogP contribution in [0.2, 0.25) is 0 Å². The molecule has 104 valence electrons. The third kappa shape index (κ3) is 3.37. The molecule has 0 spiro atoms. The fraction of sp³-hybridized carbons (Fsp3) is 0.385. The van der Waals surface area contributed by atoms with Gasteiger partial charge in [-0.25, -0.2) is 0 Å². The minimum absolute atomic E-state index is 0.340. The lowest BCUT2D eigenvalue weighted by Gasteiger charge is -2.14. The van der Waals surface area contributed by atoms with Gasteiger partial charge >= 0.3 is 0 Å². The van der Waals surface area contributed by atoms with Gasteiger partial charge in [0, 0.05) is 11.1 Å². The van der Waals surface area contributed by atoms with Crippen molar-refractivity contribution in [3.05, 3.63) is 23.3 Å². The van der Waals surface area contributed by atoms with Crippen LogP contribution < -0.4 is 20.5 Å². The first-order valence-corrected chi connectivity index (χ1v) is 5.73. The lowest BCUT2D eigenvalue weighted by atomic mass is 10.1. The SMILES string of the molecule is COc1cc(C(=O)NC(C)C(N)=O)cc(OC)c1C. The number of nitrogens with two attached hydrogens (primary N) is 1. The van der Waals surface area contributed by atoms with Gasteiger partial charge in [-0.1, -0.05) is 0 Å². The zero-order valence-electron chi connectivity index (χ0n) is 11.4. The number of nitrogens with one attached hydrogen (secondary N) is 1. The Bertz CT molecular complexity index is 474. The number of hydrogen-bond donors (Lipinski definition) is 2. The molecule has 0 heterocycles. The molecule has 0 aliphatic heterocycles. The van der Waals surface area contributed by atoms with Crippen LogP contribution in [-0.2, 0) is 4.79 Å². The summed E-state index contributed by atoms with van der Waals surface area (Å²) in [6.45, 7) is 3.34. The molecule has 0 radical (unpaired) electrons. The Morgan fingerprint density at radius 1 is 1.21 bits per heavy atom. The van der Waals surface area contributed by atoms with Crippen molar-refractivity contribution in [2.75, 3.05) is 14.2 Å². The van der Waals surface area contributed by atoms with Crippen LogP contribution >= 0.6 is 0 Å². The fourth-order valence-corrected chi connectivity index (χ4v) is 1.57. The number of primary amides is 1. The second-order valence-electron chi connectivity index (χ2n) is 4.10. The van der Waals surface area contributed by atoms with Crippen molar-refractivity contribution in [1.29, 1.82) is 0 Å². The van der Waals surface area contributed by atoms with Crippen LogP contribution in [0.4, 0.5) is 0 Å². The lowest BCUT2D eigenvalue weighted by molar-refractivity contribution is -0.119. The molecule has 0 bridgehead atoms. The third-order valence-corrected chi connectivity index (χ3v) is 2.79. The van der Waals surface area contributed by atoms with Crippen molar-refractivity contribution in [1.82, 2.24) is 5.32 Å². The normalized spacial score (nSPS) is 11.6. The molecule has 0 saturated heterocycles. The molecular weight excluding hydrogens is 248 g/mol. The summed E-state index contributed by atoms with van der Waals surface area (Å²) in [7, 11) is 3.02. The van der Waals surface area contributed by atoms with E-state index in [0.29, 0.717) is 17.1 Å². The minimum Gasteiger partial charge on any atom is -0.496 e. The van der Waals surface area contributed by atoms with E-state index in [-0.39, 0.29) is 0 Å². The molecule has 2 amide bonds. The molecule has 3 N–H and O–H groups in total. The average Bonchev–Trinajstić information content (AvgIpc) is 2.38. The molecule has 19 heavy (non-hydrogen) atoms. The molecule has 1 atom stereocenters. The van der Waals surface area contributed by atoms with Gasteiger partial charge in [0.25, 0.3) is 5.91 Å². The maximum atomic E-state index is 12.0. The molecule has 0 saturated carbocycles. The largest absolute Gasteiger partial charge is 0.496 e. The number of hydrogen-bond acceptors (Lipinski definition) is 4. The highest BCUT2D eigenvalue weighted by Crippen LogP contribution is 2.29. The predicted molar refractivity (Wildman–Crippen MR) is 70.4 cm³/mol. The Kier molecular flexibility index (Phi) is 4.74. The highest BCUT2D eigenvalue weighted by molar-refractivity contribution is 5.98. The first kappa shape index (κ1) is 14.8. The number of carbonyl (C=O) groups excluding carboxylic acids is 2. The Morgan fingerprint density at radius 2 is 1.68 bits per heavy atom. The third-order valence-electron chi connectivity index (χ3n) is 2.79. The van der Waals surface area contributed by atoms with Crippen molar-refractivity contribution >= 4 is 11.8 Å². The van der Waals surface area contributed by atoms with Crippen LogP contribution in [0, 0.1) is 6.92 Å². The average molecular weight is 266 g/mol. The number of methoxy groups -OCH3 is 2. The molecule has 1 aromatic rings. The van der Waals surface area contributed by atoms with E-state index >= 15 is 0 Å². The summed E-state index contributed by atoms with van der Waals surface area (Å²) in [5.74, 6) is 0.0646. The molecule has 0 aromatic heterocycles. The van der Waals surface area contributed by atoms with Crippen LogP contribution in [0.25, 0.3) is 0 Å². The van der Waals surface area contributed by atoms with Crippen LogP contribution in [0.3, 0.4) is 0 Å². The molecule has 1 rings (SSSR count). The highest BCUT2D eigenvalue weighted by Gasteiger charge is 2.17. The summed E-state index contributed by atoms with van der Waals surface area (Å²) in [4.78, 5) is 22.9. The Morgan fingerprint density at radius 3 is 2.05 bits per heavy atom. The molecule has 1 aromatic carbocycles. The molecule has 0 fully saturated rings. The van der Waals surface area contributed by atoms with E-state index in [0.717, 1.165) is 5.56 Å². The fourth-order valence-electron chi connectivity index (χ4n) is 1.57. The molecule has 1 unspecified atom stereocenters. The van der Waals surface area contributed by atoms with E-state index in [1.165, 1.54) is 21.1 Å². The zero-order valence-corrected chi connectivity index (χ0v) is 11.4. The van der Waals surface area contributed by atoms with Gasteiger partial charge in [0.2, 0.25) is 5.91 Å². The maximum absolute atomic E-state index is 12.0. The summed E-state index contributed by atoms with van der Waals surface area (Å²) >= 11 is 0. The summed E-state index contributed by atoms with van der Waals surface area (Å²) in [6.07, 6.45) is 0. The molecule has 0 aliphatic rings. The van der Waals surface area contributed by atoms with Gasteiger partial charge in [0.15, 0.2) is 0 Å². The van der Waals surface area contributed by atoms with Gasteiger partial charge in [-0.05, 0) is 26.0 Å². The van der Waals surface area contributed by atoms with Crippen LogP contribution in [0.5, 0.6) is 11.5 Å². The molecule has 6 nitrogen and oxygen atoms in total. The van der Waals surface area contributed by atoms with E-state index in [1.54, 1.807) is 12.1 Å². The summed E-state index contributed by atoms with van der Waals surface area (Å²) in [5, 5.41) is 2.49. The number of carbonyl (C=O) groups is 2. The van der Waals surface area contributed by atoms with E-state index < -0.39 is 17.9 Å². The number of benzene rings is 1. The smallest absolute Gasteiger partial charge is 0.252 e. The molecular formula is C13H18N2O4. The first-order chi connectivity index (χ1) is 8.90. The number of ether oxygens (including phenoxy) is 2. The van der Waals surface area contributed by atoms with Crippen LogP contribution in [0.15, 0.2) is 12.1 Å². The standard InChI is InChI=1S/C13H18N2O4/c1-7-10(18-3)5-9(6-11(7)19-4)13(17)15-8(2)12(14)16/h5-6,8H,1-4H3,(H2,14,16)(H,15,17). The predicted octanol–water partition coefficient (Wildman–Crippen LogP) is 0.616. The van der Waals surface area contributed by atoms with E-state index in [4.69, 9.17) is 15.2 Å². The first-order valence-electron chi connectivity index (χ1n) is 5.73. The Hall–Kier alpha value is -2.24. The van der Waals surface area contributed by atoms with Gasteiger partial charge in [-0.3, -0.25) is 9.59 Å². The summed E-state index contributed by atoms with van der Waals surface area (Å²) in [6, 6.07) is 2.42. The minimum atomic E-state index is -0.745. The van der Waals surface area contributed by atoms with Gasteiger partial charge in [-0.15, -0.1) is 0 Å². The zero-order chi connectivity index (χ0) is 14.6. The Labute approximate surface area is 111 Å². The van der Waals surface area contributed by atoms with Crippen molar-refractivity contribution in [3.63, 3.8) is 0 Å². The van der Waals surface area contributed by atoms with Crippen LogP contribution in [-0.4, -0.2) is 32.1 Å². The van der Waals surface area contributed by atoms with Crippen LogP contribution in [0.1, 0.15) is 22.8 Å². The second-order valence-corrected chi connectivity index (χ2v) is 4.10. The van der Waals surface area contributed by atoms with E-state index in [9.17, 15) is 9.59 Å². The van der Waals surface area contributed by atoms with Gasteiger partial charge < -0.3 is 20.5 Å². The molecule has 6 heteroatoms. The van der Waals surface area contributed by atoms with Gasteiger partial charge in [0.05, 0.1) is 14.2 Å². The molecule has 0 aliphatic carbocycles. The monoisotopic (exact) mass is 266 g/mol. The van der Waals surface area contributed by atoms with Gasteiger partial charge in [-0.2, -0.15) is 0 Å². The lowest BCUT2D eigenvalue weighted by Crippen LogP contribution is -2.42. The second kappa shape index (κ2) is 6.08. The van der Waals surface area contributed by atoms with Crippen molar-refractivity contribution < 1.29 is 19.1 Å².